The molecule has 2 N–H and O–H groups in total. The van der Waals surface area contributed by atoms with E-state index in [1.165, 1.54) is 24.3 Å². The summed E-state index contributed by atoms with van der Waals surface area (Å²) in [4.78, 5) is 12.0. The predicted molar refractivity (Wildman–Crippen MR) is 92.8 cm³/mol. The van der Waals surface area contributed by atoms with Crippen molar-refractivity contribution >= 4 is 6.03 Å². The zero-order chi connectivity index (χ0) is 20.0. The molecule has 4 nitrogen and oxygen atoms in total. The Labute approximate surface area is 154 Å². The van der Waals surface area contributed by atoms with Crippen molar-refractivity contribution in [3.8, 4) is 5.75 Å². The van der Waals surface area contributed by atoms with Crippen LogP contribution in [0.2, 0.25) is 0 Å². The lowest BCUT2D eigenvalue weighted by molar-refractivity contribution is -0.137. The van der Waals surface area contributed by atoms with E-state index in [9.17, 15) is 22.4 Å². The summed E-state index contributed by atoms with van der Waals surface area (Å²) in [6.45, 7) is 3.71. The lowest BCUT2D eigenvalue weighted by atomic mass is 10.1. The Morgan fingerprint density at radius 2 is 1.93 bits per heavy atom. The maximum Gasteiger partial charge on any atom is 0.416 e. The van der Waals surface area contributed by atoms with E-state index in [1.54, 1.807) is 19.9 Å². The smallest absolute Gasteiger partial charge is 0.416 e. The Bertz CT molecular complexity index is 794. The molecule has 0 spiro atoms. The normalized spacial score (nSPS) is 12.4. The van der Waals surface area contributed by atoms with Crippen molar-refractivity contribution in [3.05, 3.63) is 65.0 Å². The lowest BCUT2D eigenvalue weighted by Crippen LogP contribution is -2.36. The van der Waals surface area contributed by atoms with Gasteiger partial charge in [-0.05, 0) is 49.2 Å². The largest absolute Gasteiger partial charge is 0.491 e. The fourth-order valence-corrected chi connectivity index (χ4v) is 2.42. The molecule has 0 aliphatic carbocycles. The van der Waals surface area contributed by atoms with E-state index in [-0.39, 0.29) is 12.3 Å². The fraction of sp³-hybridized carbons (Fsp3) is 0.316. The Morgan fingerprint density at radius 1 is 1.19 bits per heavy atom. The maximum atomic E-state index is 13.8. The molecule has 1 atom stereocenters. The zero-order valence-corrected chi connectivity index (χ0v) is 14.9. The minimum Gasteiger partial charge on any atom is -0.491 e. The zero-order valence-electron chi connectivity index (χ0n) is 14.9. The summed E-state index contributed by atoms with van der Waals surface area (Å²) in [7, 11) is 0. The lowest BCUT2D eigenvalue weighted by Gasteiger charge is -2.17. The SMILES string of the molecule is CCOc1ccc(CNC(=O)NC(C)c2cccc(C(F)(F)F)c2)cc1F. The van der Waals surface area contributed by atoms with Crippen LogP contribution < -0.4 is 15.4 Å². The van der Waals surface area contributed by atoms with Gasteiger partial charge in [0.25, 0.3) is 0 Å². The minimum atomic E-state index is -4.45. The Kier molecular flexibility index (Phi) is 6.65. The number of hydrogen-bond donors (Lipinski definition) is 2. The first-order valence-electron chi connectivity index (χ1n) is 8.33. The highest BCUT2D eigenvalue weighted by atomic mass is 19.4. The highest BCUT2D eigenvalue weighted by molar-refractivity contribution is 5.74. The van der Waals surface area contributed by atoms with Gasteiger partial charge in [0.2, 0.25) is 0 Å². The number of halogens is 4. The van der Waals surface area contributed by atoms with Crippen molar-refractivity contribution in [2.75, 3.05) is 6.61 Å². The number of hydrogen-bond acceptors (Lipinski definition) is 2. The van der Waals surface area contributed by atoms with Crippen molar-refractivity contribution in [3.63, 3.8) is 0 Å². The van der Waals surface area contributed by atoms with Crippen LogP contribution in [0.1, 0.15) is 36.6 Å². The second kappa shape index (κ2) is 8.75. The molecule has 0 aliphatic rings. The summed E-state index contributed by atoms with van der Waals surface area (Å²) in [5.41, 5.74) is 0.0730. The van der Waals surface area contributed by atoms with Gasteiger partial charge in [-0.15, -0.1) is 0 Å². The number of carbonyl (C=O) groups is 1. The molecule has 0 heterocycles. The van der Waals surface area contributed by atoms with E-state index >= 15 is 0 Å². The number of ether oxygens (including phenoxy) is 1. The van der Waals surface area contributed by atoms with Crippen LogP contribution in [0, 0.1) is 5.82 Å². The summed E-state index contributed by atoms with van der Waals surface area (Å²) in [6, 6.07) is 7.88. The molecule has 0 bridgehead atoms. The summed E-state index contributed by atoms with van der Waals surface area (Å²) in [5, 5.41) is 5.10. The summed E-state index contributed by atoms with van der Waals surface area (Å²) < 4.78 is 57.2. The monoisotopic (exact) mass is 384 g/mol. The predicted octanol–water partition coefficient (Wildman–Crippen LogP) is 4.80. The van der Waals surface area contributed by atoms with Gasteiger partial charge in [-0.1, -0.05) is 18.2 Å². The molecule has 0 aliphatic heterocycles. The molecule has 0 saturated heterocycles. The van der Waals surface area contributed by atoms with Crippen LogP contribution in [0.25, 0.3) is 0 Å². The molecule has 2 aromatic carbocycles. The van der Waals surface area contributed by atoms with Crippen molar-refractivity contribution in [2.45, 2.75) is 32.6 Å². The van der Waals surface area contributed by atoms with Gasteiger partial charge in [0.15, 0.2) is 11.6 Å². The summed E-state index contributed by atoms with van der Waals surface area (Å²) in [5.74, 6) is -0.405. The van der Waals surface area contributed by atoms with Crippen LogP contribution in [0.4, 0.5) is 22.4 Å². The minimum absolute atomic E-state index is 0.0600. The highest BCUT2D eigenvalue weighted by Crippen LogP contribution is 2.30. The first kappa shape index (κ1) is 20.5. The number of nitrogens with one attached hydrogen (secondary N) is 2. The molecule has 8 heteroatoms. The first-order chi connectivity index (χ1) is 12.7. The van der Waals surface area contributed by atoms with E-state index in [2.05, 4.69) is 10.6 Å². The Hall–Kier alpha value is -2.77. The van der Waals surface area contributed by atoms with Crippen LogP contribution >= 0.6 is 0 Å². The van der Waals surface area contributed by atoms with Gasteiger partial charge in [0.1, 0.15) is 0 Å². The van der Waals surface area contributed by atoms with Crippen molar-refractivity contribution in [1.29, 1.82) is 0 Å². The number of rotatable bonds is 6. The molecule has 0 aromatic heterocycles. The average Bonchev–Trinajstić information content (AvgIpc) is 2.61. The third-order valence-corrected chi connectivity index (χ3v) is 3.81. The highest BCUT2D eigenvalue weighted by Gasteiger charge is 2.30. The van der Waals surface area contributed by atoms with Crippen LogP contribution in [0.5, 0.6) is 5.75 Å². The van der Waals surface area contributed by atoms with E-state index in [1.807, 2.05) is 0 Å². The van der Waals surface area contributed by atoms with Gasteiger partial charge in [-0.2, -0.15) is 13.2 Å². The van der Waals surface area contributed by atoms with Gasteiger partial charge < -0.3 is 15.4 Å². The van der Waals surface area contributed by atoms with Crippen molar-refractivity contribution < 1.29 is 27.1 Å². The number of amides is 2. The first-order valence-corrected chi connectivity index (χ1v) is 8.33. The van der Waals surface area contributed by atoms with E-state index < -0.39 is 29.6 Å². The van der Waals surface area contributed by atoms with Gasteiger partial charge >= 0.3 is 12.2 Å². The number of carbonyl (C=O) groups excluding carboxylic acids is 1. The Morgan fingerprint density at radius 3 is 2.56 bits per heavy atom. The van der Waals surface area contributed by atoms with Crippen molar-refractivity contribution in [2.24, 2.45) is 0 Å². The van der Waals surface area contributed by atoms with Crippen LogP contribution in [-0.2, 0) is 12.7 Å². The molecule has 0 saturated carbocycles. The number of alkyl halides is 3. The molecule has 2 aromatic rings. The molecular formula is C19H20F4N2O2. The standard InChI is InChI=1S/C19H20F4N2O2/c1-3-27-17-8-7-13(9-16(17)20)11-24-18(26)25-12(2)14-5-4-6-15(10-14)19(21,22)23/h4-10,12H,3,11H2,1-2H3,(H2,24,25,26). The van der Waals surface area contributed by atoms with Crippen LogP contribution in [-0.4, -0.2) is 12.6 Å². The fourth-order valence-electron chi connectivity index (χ4n) is 2.42. The third-order valence-electron chi connectivity index (χ3n) is 3.81. The molecule has 2 amide bonds. The summed E-state index contributed by atoms with van der Waals surface area (Å²) >= 11 is 0. The summed E-state index contributed by atoms with van der Waals surface area (Å²) in [6.07, 6.45) is -4.45. The topological polar surface area (TPSA) is 50.4 Å². The quantitative estimate of drug-likeness (QED) is 0.703. The van der Waals surface area contributed by atoms with Gasteiger partial charge in [-0.25, -0.2) is 9.18 Å². The second-order valence-electron chi connectivity index (χ2n) is 5.87. The molecule has 0 radical (unpaired) electrons. The molecule has 146 valence electrons. The molecular weight excluding hydrogens is 364 g/mol. The van der Waals surface area contributed by atoms with Gasteiger partial charge in [0, 0.05) is 6.54 Å². The van der Waals surface area contributed by atoms with E-state index in [4.69, 9.17) is 4.74 Å². The van der Waals surface area contributed by atoms with Gasteiger partial charge in [0.05, 0.1) is 18.2 Å². The number of urea groups is 1. The van der Waals surface area contributed by atoms with Gasteiger partial charge in [-0.3, -0.25) is 0 Å². The van der Waals surface area contributed by atoms with E-state index in [0.29, 0.717) is 17.7 Å². The molecule has 27 heavy (non-hydrogen) atoms. The van der Waals surface area contributed by atoms with E-state index in [0.717, 1.165) is 12.1 Å². The maximum absolute atomic E-state index is 13.8. The molecule has 1 unspecified atom stereocenters. The third kappa shape index (κ3) is 5.87. The van der Waals surface area contributed by atoms with Crippen molar-refractivity contribution in [1.82, 2.24) is 10.6 Å². The van der Waals surface area contributed by atoms with Crippen LogP contribution in [0.15, 0.2) is 42.5 Å². The van der Waals surface area contributed by atoms with Crippen LogP contribution in [0.3, 0.4) is 0 Å². The average molecular weight is 384 g/mol. The number of benzene rings is 2. The molecule has 2 rings (SSSR count). The second-order valence-corrected chi connectivity index (χ2v) is 5.87. The Balaban J connectivity index is 1.93. The molecule has 0 fully saturated rings.